The number of benzene rings is 2. The number of nitrogens with zero attached hydrogens (tertiary/aromatic N) is 3. The molecule has 2 aromatic carbocycles. The van der Waals surface area contributed by atoms with Crippen molar-refractivity contribution in [1.29, 1.82) is 0 Å². The molecule has 1 atom stereocenters. The Morgan fingerprint density at radius 1 is 1.12 bits per heavy atom. The van der Waals surface area contributed by atoms with E-state index in [0.29, 0.717) is 18.0 Å². The topological polar surface area (TPSA) is 109 Å². The van der Waals surface area contributed by atoms with Crippen molar-refractivity contribution in [1.82, 2.24) is 10.2 Å². The third kappa shape index (κ3) is 4.71. The Kier molecular flexibility index (Phi) is 6.07. The molecule has 3 aromatic rings. The van der Waals surface area contributed by atoms with Crippen LogP contribution in [0.2, 0.25) is 0 Å². The summed E-state index contributed by atoms with van der Waals surface area (Å²) in [4.78, 5) is 26.7. The Morgan fingerprint density at radius 2 is 1.88 bits per heavy atom. The van der Waals surface area contributed by atoms with Crippen molar-refractivity contribution in [2.75, 3.05) is 22.5 Å². The van der Waals surface area contributed by atoms with Crippen molar-refractivity contribution in [3.8, 4) is 0 Å². The molecule has 2 amide bonds. The lowest BCUT2D eigenvalue weighted by Gasteiger charge is -2.17. The minimum atomic E-state index is -3.75. The molecule has 32 heavy (non-hydrogen) atoms. The molecule has 1 aliphatic rings. The highest BCUT2D eigenvalue weighted by atomic mass is 32.2. The van der Waals surface area contributed by atoms with E-state index in [1.807, 2.05) is 32.0 Å². The lowest BCUT2D eigenvalue weighted by molar-refractivity contribution is -0.117. The number of nitrogens with one attached hydrogen (secondary N) is 1. The molecule has 8 nitrogen and oxygen atoms in total. The predicted octanol–water partition coefficient (Wildman–Crippen LogP) is 3.09. The number of carbonyl (C=O) groups is 2. The van der Waals surface area contributed by atoms with Crippen molar-refractivity contribution in [3.63, 3.8) is 0 Å². The number of hydrogen-bond donors (Lipinski definition) is 1. The van der Waals surface area contributed by atoms with E-state index in [4.69, 9.17) is 0 Å². The SMILES string of the molecule is Cc1ccc(N2C[C@H](c3nnc(NC(=O)CS(=O)(=O)c4ccccc4)s3)CC2=O)cc1C. The van der Waals surface area contributed by atoms with Gasteiger partial charge in [0.25, 0.3) is 0 Å². The average molecular weight is 471 g/mol. The summed E-state index contributed by atoms with van der Waals surface area (Å²) in [6.07, 6.45) is 0.303. The minimum absolute atomic E-state index is 0.00740. The summed E-state index contributed by atoms with van der Waals surface area (Å²) in [6, 6.07) is 13.7. The van der Waals surface area contributed by atoms with Crippen LogP contribution in [0.4, 0.5) is 10.8 Å². The Morgan fingerprint density at radius 3 is 2.59 bits per heavy atom. The van der Waals surface area contributed by atoms with Crippen molar-refractivity contribution in [3.05, 3.63) is 64.7 Å². The number of hydrogen-bond acceptors (Lipinski definition) is 7. The molecule has 0 saturated carbocycles. The standard InChI is InChI=1S/C22H22N4O4S2/c1-14-8-9-17(10-15(14)2)26-12-16(11-20(26)28)21-24-25-22(31-21)23-19(27)13-32(29,30)18-6-4-3-5-7-18/h3-10,16H,11-13H2,1-2H3,(H,23,25,27)/t16-/m1/s1. The van der Waals surface area contributed by atoms with Crippen LogP contribution in [0.25, 0.3) is 0 Å². The summed E-state index contributed by atoms with van der Waals surface area (Å²) in [5.41, 5.74) is 3.13. The molecular formula is C22H22N4O4S2. The van der Waals surface area contributed by atoms with Gasteiger partial charge in [-0.1, -0.05) is 35.6 Å². The second-order valence-electron chi connectivity index (χ2n) is 7.74. The second-order valence-corrected chi connectivity index (χ2v) is 10.7. The molecule has 0 radical (unpaired) electrons. The monoisotopic (exact) mass is 470 g/mol. The van der Waals surface area contributed by atoms with Gasteiger partial charge in [0.1, 0.15) is 10.8 Å². The molecule has 1 aliphatic heterocycles. The Bertz CT molecular complexity index is 1270. The van der Waals surface area contributed by atoms with E-state index >= 15 is 0 Å². The second kappa shape index (κ2) is 8.79. The smallest absolute Gasteiger partial charge is 0.241 e. The number of sulfone groups is 1. The number of carbonyl (C=O) groups excluding carboxylic acids is 2. The van der Waals surface area contributed by atoms with Crippen LogP contribution in [0, 0.1) is 13.8 Å². The van der Waals surface area contributed by atoms with Gasteiger partial charge in [-0.25, -0.2) is 8.42 Å². The highest BCUT2D eigenvalue weighted by Crippen LogP contribution is 2.34. The van der Waals surface area contributed by atoms with Gasteiger partial charge in [0.2, 0.25) is 16.9 Å². The molecule has 1 fully saturated rings. The van der Waals surface area contributed by atoms with Crippen molar-refractivity contribution in [2.45, 2.75) is 31.1 Å². The van der Waals surface area contributed by atoms with E-state index in [9.17, 15) is 18.0 Å². The quantitative estimate of drug-likeness (QED) is 0.593. The number of anilines is 2. The van der Waals surface area contributed by atoms with E-state index in [2.05, 4.69) is 15.5 Å². The van der Waals surface area contributed by atoms with E-state index < -0.39 is 21.5 Å². The van der Waals surface area contributed by atoms with Crippen LogP contribution in [0.3, 0.4) is 0 Å². The highest BCUT2D eigenvalue weighted by Gasteiger charge is 2.34. The molecule has 0 aliphatic carbocycles. The van der Waals surface area contributed by atoms with Crippen LogP contribution in [0.15, 0.2) is 53.4 Å². The zero-order valence-corrected chi connectivity index (χ0v) is 19.2. The Balaban J connectivity index is 1.41. The molecule has 1 N–H and O–H groups in total. The van der Waals surface area contributed by atoms with Gasteiger partial charge < -0.3 is 4.90 Å². The summed E-state index contributed by atoms with van der Waals surface area (Å²) >= 11 is 1.16. The van der Waals surface area contributed by atoms with Crippen LogP contribution < -0.4 is 10.2 Å². The van der Waals surface area contributed by atoms with Gasteiger partial charge in [-0.2, -0.15) is 0 Å². The number of rotatable bonds is 6. The van der Waals surface area contributed by atoms with Crippen molar-refractivity contribution >= 4 is 43.8 Å². The zero-order chi connectivity index (χ0) is 22.9. The largest absolute Gasteiger partial charge is 0.312 e. The highest BCUT2D eigenvalue weighted by molar-refractivity contribution is 7.92. The fourth-order valence-electron chi connectivity index (χ4n) is 3.51. The third-order valence-electron chi connectivity index (χ3n) is 5.39. The average Bonchev–Trinajstić information content (AvgIpc) is 3.37. The number of aryl methyl sites for hydroxylation is 2. The van der Waals surface area contributed by atoms with Crippen LogP contribution in [0.5, 0.6) is 0 Å². The van der Waals surface area contributed by atoms with Gasteiger partial charge in [-0.15, -0.1) is 10.2 Å². The first-order chi connectivity index (χ1) is 15.2. The predicted molar refractivity (Wildman–Crippen MR) is 123 cm³/mol. The summed E-state index contributed by atoms with van der Waals surface area (Å²) in [5.74, 6) is -1.50. The lowest BCUT2D eigenvalue weighted by atomic mass is 10.1. The molecule has 1 aromatic heterocycles. The molecule has 2 heterocycles. The molecular weight excluding hydrogens is 448 g/mol. The van der Waals surface area contributed by atoms with Gasteiger partial charge in [0.05, 0.1) is 4.90 Å². The number of aromatic nitrogens is 2. The van der Waals surface area contributed by atoms with Gasteiger partial charge >= 0.3 is 0 Å². The van der Waals surface area contributed by atoms with Gasteiger partial charge in [0.15, 0.2) is 9.84 Å². The molecule has 0 spiro atoms. The molecule has 4 rings (SSSR count). The maximum absolute atomic E-state index is 12.6. The third-order valence-corrected chi connectivity index (χ3v) is 8.02. The van der Waals surface area contributed by atoms with Gasteiger partial charge in [-0.05, 0) is 49.2 Å². The minimum Gasteiger partial charge on any atom is -0.312 e. The van der Waals surface area contributed by atoms with E-state index in [1.165, 1.54) is 12.1 Å². The molecule has 1 saturated heterocycles. The first-order valence-electron chi connectivity index (χ1n) is 10.0. The summed E-state index contributed by atoms with van der Waals surface area (Å²) in [5, 5.41) is 11.4. The molecule has 0 bridgehead atoms. The molecule has 0 unspecified atom stereocenters. The normalized spacial score (nSPS) is 16.4. The Labute approximate surface area is 190 Å². The Hall–Kier alpha value is -3.11. The van der Waals surface area contributed by atoms with Gasteiger partial charge in [-0.3, -0.25) is 14.9 Å². The summed E-state index contributed by atoms with van der Waals surface area (Å²) < 4.78 is 24.7. The van der Waals surface area contributed by atoms with Crippen molar-refractivity contribution < 1.29 is 18.0 Å². The van der Waals surface area contributed by atoms with Gasteiger partial charge in [0, 0.05) is 24.6 Å². The van der Waals surface area contributed by atoms with Crippen molar-refractivity contribution in [2.24, 2.45) is 0 Å². The fraction of sp³-hybridized carbons (Fsp3) is 0.273. The maximum atomic E-state index is 12.6. The molecule has 166 valence electrons. The van der Waals surface area contributed by atoms with Crippen LogP contribution in [0.1, 0.15) is 28.5 Å². The van der Waals surface area contributed by atoms with Crippen LogP contribution in [-0.2, 0) is 19.4 Å². The van der Waals surface area contributed by atoms with E-state index in [-0.39, 0.29) is 21.9 Å². The maximum Gasteiger partial charge on any atom is 0.241 e. The molecule has 10 heteroatoms. The fourth-order valence-corrected chi connectivity index (χ4v) is 5.51. The summed E-state index contributed by atoms with van der Waals surface area (Å²) in [7, 11) is -3.75. The number of amides is 2. The first kappa shape index (κ1) is 22.1. The lowest BCUT2D eigenvalue weighted by Crippen LogP contribution is -2.24. The van der Waals surface area contributed by atoms with Crippen LogP contribution >= 0.6 is 11.3 Å². The van der Waals surface area contributed by atoms with E-state index in [1.54, 1.807) is 23.1 Å². The zero-order valence-electron chi connectivity index (χ0n) is 17.6. The van der Waals surface area contributed by atoms with E-state index in [0.717, 1.165) is 28.2 Å². The summed E-state index contributed by atoms with van der Waals surface area (Å²) in [6.45, 7) is 4.51. The first-order valence-corrected chi connectivity index (χ1v) is 12.5. The van der Waals surface area contributed by atoms with Crippen LogP contribution in [-0.4, -0.2) is 42.7 Å².